The van der Waals surface area contributed by atoms with Crippen molar-refractivity contribution in [3.05, 3.63) is 59.8 Å². The number of allylic oxidation sites excluding steroid dienone is 1. The van der Waals surface area contributed by atoms with Crippen LogP contribution < -0.4 is 0 Å². The number of hydrogen-bond donors (Lipinski definition) is 0. The van der Waals surface area contributed by atoms with Crippen LogP contribution in [0.15, 0.2) is 48.7 Å². The third-order valence-corrected chi connectivity index (χ3v) is 2.67. The normalized spacial score (nSPS) is 12.0. The Morgan fingerprint density at radius 1 is 1.11 bits per heavy atom. The average Bonchev–Trinajstić information content (AvgIpc) is 2.39. The van der Waals surface area contributed by atoms with Crippen LogP contribution in [0.4, 0.5) is 13.2 Å². The molecule has 19 heavy (non-hydrogen) atoms. The van der Waals surface area contributed by atoms with Crippen LogP contribution in [0.3, 0.4) is 0 Å². The van der Waals surface area contributed by atoms with E-state index >= 15 is 0 Å². The molecular weight excluding hydrogens is 251 g/mol. The van der Waals surface area contributed by atoms with Gasteiger partial charge in [-0.3, -0.25) is 4.98 Å². The molecule has 0 spiro atoms. The summed E-state index contributed by atoms with van der Waals surface area (Å²) in [4.78, 5) is 4.11. The molecule has 0 bridgehead atoms. The van der Waals surface area contributed by atoms with E-state index in [1.807, 2.05) is 6.92 Å². The van der Waals surface area contributed by atoms with Crippen molar-refractivity contribution in [3.63, 3.8) is 0 Å². The van der Waals surface area contributed by atoms with Crippen LogP contribution in [0.25, 0.3) is 17.3 Å². The van der Waals surface area contributed by atoms with Crippen LogP contribution in [-0.4, -0.2) is 4.98 Å². The maximum atomic E-state index is 12.8. The summed E-state index contributed by atoms with van der Waals surface area (Å²) in [5.41, 5.74) is 1.06. The highest BCUT2D eigenvalue weighted by atomic mass is 19.4. The first-order chi connectivity index (χ1) is 9.02. The summed E-state index contributed by atoms with van der Waals surface area (Å²) < 4.78 is 38.3. The van der Waals surface area contributed by atoms with Gasteiger partial charge in [0.1, 0.15) is 0 Å². The molecule has 0 amide bonds. The molecular formula is C15H12F3N. The van der Waals surface area contributed by atoms with Crippen LogP contribution in [0.2, 0.25) is 0 Å². The quantitative estimate of drug-likeness (QED) is 0.758. The highest BCUT2D eigenvalue weighted by molar-refractivity contribution is 5.73. The van der Waals surface area contributed by atoms with E-state index in [9.17, 15) is 13.2 Å². The lowest BCUT2D eigenvalue weighted by Gasteiger charge is -2.11. The maximum absolute atomic E-state index is 12.8. The minimum absolute atomic E-state index is 0.480. The summed E-state index contributed by atoms with van der Waals surface area (Å²) >= 11 is 0. The SMILES string of the molecule is C/C=C/c1ccc(C(F)(F)F)cc1-c1ccccn1. The monoisotopic (exact) mass is 263 g/mol. The van der Waals surface area contributed by atoms with Gasteiger partial charge in [0.2, 0.25) is 0 Å². The maximum Gasteiger partial charge on any atom is 0.416 e. The van der Waals surface area contributed by atoms with Gasteiger partial charge >= 0.3 is 6.18 Å². The Bertz CT molecular complexity index is 586. The van der Waals surface area contributed by atoms with E-state index < -0.39 is 11.7 Å². The van der Waals surface area contributed by atoms with Crippen molar-refractivity contribution >= 4 is 6.08 Å². The first-order valence-electron chi connectivity index (χ1n) is 5.77. The van der Waals surface area contributed by atoms with Crippen molar-refractivity contribution in [1.29, 1.82) is 0 Å². The molecule has 0 saturated heterocycles. The van der Waals surface area contributed by atoms with E-state index in [0.717, 1.165) is 12.1 Å². The van der Waals surface area contributed by atoms with Crippen molar-refractivity contribution in [1.82, 2.24) is 4.98 Å². The molecule has 1 aromatic heterocycles. The van der Waals surface area contributed by atoms with E-state index in [-0.39, 0.29) is 0 Å². The van der Waals surface area contributed by atoms with Gasteiger partial charge in [-0.2, -0.15) is 13.2 Å². The number of pyridine rings is 1. The first-order valence-corrected chi connectivity index (χ1v) is 5.77. The van der Waals surface area contributed by atoms with Crippen LogP contribution in [0.5, 0.6) is 0 Å². The van der Waals surface area contributed by atoms with Crippen molar-refractivity contribution in [2.45, 2.75) is 13.1 Å². The Kier molecular flexibility index (Phi) is 3.69. The summed E-state index contributed by atoms with van der Waals surface area (Å²) in [5.74, 6) is 0. The van der Waals surface area contributed by atoms with Crippen LogP contribution >= 0.6 is 0 Å². The molecule has 0 unspecified atom stereocenters. The van der Waals surface area contributed by atoms with Gasteiger partial charge in [0.25, 0.3) is 0 Å². The second kappa shape index (κ2) is 5.26. The van der Waals surface area contributed by atoms with Crippen molar-refractivity contribution in [2.24, 2.45) is 0 Å². The molecule has 1 heterocycles. The molecule has 1 nitrogen and oxygen atoms in total. The first kappa shape index (κ1) is 13.3. The predicted molar refractivity (Wildman–Crippen MR) is 69.4 cm³/mol. The second-order valence-corrected chi connectivity index (χ2v) is 4.01. The van der Waals surface area contributed by atoms with Gasteiger partial charge in [-0.05, 0) is 36.8 Å². The third kappa shape index (κ3) is 3.02. The summed E-state index contributed by atoms with van der Waals surface area (Å²) in [6.45, 7) is 1.82. The topological polar surface area (TPSA) is 12.9 Å². The van der Waals surface area contributed by atoms with Gasteiger partial charge in [0, 0.05) is 11.8 Å². The molecule has 1 aromatic carbocycles. The van der Waals surface area contributed by atoms with Crippen LogP contribution in [0, 0.1) is 0 Å². The summed E-state index contributed by atoms with van der Waals surface area (Å²) in [5, 5.41) is 0. The van der Waals surface area contributed by atoms with Gasteiger partial charge in [-0.25, -0.2) is 0 Å². The molecule has 98 valence electrons. The molecule has 0 radical (unpaired) electrons. The molecule has 0 aliphatic rings. The molecule has 2 aromatic rings. The summed E-state index contributed by atoms with van der Waals surface area (Å²) in [6, 6.07) is 8.86. The number of aromatic nitrogens is 1. The molecule has 0 atom stereocenters. The fourth-order valence-corrected chi connectivity index (χ4v) is 1.80. The number of benzene rings is 1. The average molecular weight is 263 g/mol. The number of alkyl halides is 3. The number of hydrogen-bond acceptors (Lipinski definition) is 1. The molecule has 4 heteroatoms. The van der Waals surface area contributed by atoms with Crippen LogP contribution in [0.1, 0.15) is 18.1 Å². The number of nitrogens with zero attached hydrogens (tertiary/aromatic N) is 1. The molecule has 2 rings (SSSR count). The van der Waals surface area contributed by atoms with Gasteiger partial charge in [-0.1, -0.05) is 24.3 Å². The smallest absolute Gasteiger partial charge is 0.256 e. The van der Waals surface area contributed by atoms with E-state index in [1.165, 1.54) is 6.07 Å². The second-order valence-electron chi connectivity index (χ2n) is 4.01. The van der Waals surface area contributed by atoms with E-state index in [4.69, 9.17) is 0 Å². The lowest BCUT2D eigenvalue weighted by Crippen LogP contribution is -2.05. The highest BCUT2D eigenvalue weighted by Gasteiger charge is 2.31. The molecule has 0 aliphatic heterocycles. The highest BCUT2D eigenvalue weighted by Crippen LogP contribution is 2.33. The standard InChI is InChI=1S/C15H12F3N/c1-2-5-11-7-8-12(15(16,17)18)10-13(11)14-6-3-4-9-19-14/h2-10H,1H3/b5-2+. The minimum Gasteiger partial charge on any atom is -0.256 e. The van der Waals surface area contributed by atoms with E-state index in [2.05, 4.69) is 4.98 Å². The van der Waals surface area contributed by atoms with Gasteiger partial charge in [0.15, 0.2) is 0 Å². The molecule has 0 saturated carbocycles. The summed E-state index contributed by atoms with van der Waals surface area (Å²) in [7, 11) is 0. The Hall–Kier alpha value is -2.10. The summed E-state index contributed by atoms with van der Waals surface area (Å²) in [6.07, 6.45) is 0.770. The Balaban J connectivity index is 2.61. The fraction of sp³-hybridized carbons (Fsp3) is 0.133. The molecule has 0 fully saturated rings. The van der Waals surface area contributed by atoms with Gasteiger partial charge in [0.05, 0.1) is 11.3 Å². The van der Waals surface area contributed by atoms with E-state index in [1.54, 1.807) is 36.5 Å². The zero-order valence-electron chi connectivity index (χ0n) is 10.3. The minimum atomic E-state index is -4.35. The zero-order valence-corrected chi connectivity index (χ0v) is 10.3. The van der Waals surface area contributed by atoms with Crippen molar-refractivity contribution in [2.75, 3.05) is 0 Å². The van der Waals surface area contributed by atoms with Crippen molar-refractivity contribution < 1.29 is 13.2 Å². The van der Waals surface area contributed by atoms with Gasteiger partial charge in [-0.15, -0.1) is 0 Å². The molecule has 0 aliphatic carbocycles. The van der Waals surface area contributed by atoms with E-state index in [0.29, 0.717) is 16.8 Å². The third-order valence-electron chi connectivity index (χ3n) is 2.67. The zero-order chi connectivity index (χ0) is 13.9. The fourth-order valence-electron chi connectivity index (χ4n) is 1.80. The molecule has 0 N–H and O–H groups in total. The Morgan fingerprint density at radius 2 is 1.89 bits per heavy atom. The Morgan fingerprint density at radius 3 is 2.47 bits per heavy atom. The van der Waals surface area contributed by atoms with Crippen molar-refractivity contribution in [3.8, 4) is 11.3 Å². The lowest BCUT2D eigenvalue weighted by atomic mass is 10.00. The number of halogens is 3. The Labute approximate surface area is 109 Å². The predicted octanol–water partition coefficient (Wildman–Crippen LogP) is 4.80. The largest absolute Gasteiger partial charge is 0.416 e. The van der Waals surface area contributed by atoms with Gasteiger partial charge < -0.3 is 0 Å². The lowest BCUT2D eigenvalue weighted by molar-refractivity contribution is -0.137. The van der Waals surface area contributed by atoms with Crippen LogP contribution in [-0.2, 0) is 6.18 Å². The number of rotatable bonds is 2.